The van der Waals surface area contributed by atoms with E-state index in [0.29, 0.717) is 22.9 Å². The average Bonchev–Trinajstić information content (AvgIpc) is 3.26. The number of hydrogen-bond acceptors (Lipinski definition) is 7. The maximum absolute atomic E-state index is 12.2. The number of hydrogen-bond donors (Lipinski definition) is 3. The number of aromatic amines is 2. The Labute approximate surface area is 202 Å². The van der Waals surface area contributed by atoms with Gasteiger partial charge in [0.1, 0.15) is 11.2 Å². The van der Waals surface area contributed by atoms with Crippen molar-refractivity contribution in [3.63, 3.8) is 0 Å². The van der Waals surface area contributed by atoms with E-state index >= 15 is 0 Å². The van der Waals surface area contributed by atoms with Crippen molar-refractivity contribution >= 4 is 45.0 Å². The van der Waals surface area contributed by atoms with Crippen molar-refractivity contribution in [2.45, 2.75) is 12.8 Å². The van der Waals surface area contributed by atoms with E-state index in [1.807, 2.05) is 23.7 Å². The number of aromatic nitrogens is 7. The minimum absolute atomic E-state index is 0.0517. The molecule has 1 saturated carbocycles. The summed E-state index contributed by atoms with van der Waals surface area (Å²) in [5.74, 6) is 0.818. The number of imidazole rings is 1. The van der Waals surface area contributed by atoms with Crippen molar-refractivity contribution in [1.82, 2.24) is 35.1 Å². The van der Waals surface area contributed by atoms with Crippen LogP contribution >= 0.6 is 11.3 Å². The van der Waals surface area contributed by atoms with Gasteiger partial charge < -0.3 is 10.3 Å². The largest absolute Gasteiger partial charge is 0.335 e. The Morgan fingerprint density at radius 3 is 2.77 bits per heavy atom. The number of anilines is 1. The summed E-state index contributed by atoms with van der Waals surface area (Å²) in [6.45, 7) is 0. The number of fused-ring (bicyclic) bond motifs is 2. The third-order valence-corrected chi connectivity index (χ3v) is 6.84. The molecule has 0 unspecified atom stereocenters. The predicted octanol–water partition coefficient (Wildman–Crippen LogP) is 5.04. The first-order valence-corrected chi connectivity index (χ1v) is 12.1. The van der Waals surface area contributed by atoms with Gasteiger partial charge in [-0.15, -0.1) is 0 Å². The van der Waals surface area contributed by atoms with Gasteiger partial charge in [0.15, 0.2) is 11.5 Å². The van der Waals surface area contributed by atoms with Gasteiger partial charge in [0.05, 0.1) is 29.0 Å². The van der Waals surface area contributed by atoms with E-state index < -0.39 is 0 Å². The lowest BCUT2D eigenvalue weighted by Crippen LogP contribution is -2.13. The molecular formula is C25H18N8OS. The van der Waals surface area contributed by atoms with Crippen molar-refractivity contribution in [3.8, 4) is 33.8 Å². The van der Waals surface area contributed by atoms with Gasteiger partial charge in [-0.1, -0.05) is 0 Å². The zero-order chi connectivity index (χ0) is 23.4. The number of thiophene rings is 1. The van der Waals surface area contributed by atoms with E-state index in [1.165, 1.54) is 0 Å². The van der Waals surface area contributed by atoms with Crippen molar-refractivity contribution in [2.24, 2.45) is 5.92 Å². The van der Waals surface area contributed by atoms with E-state index in [1.54, 1.807) is 36.1 Å². The third kappa shape index (κ3) is 3.55. The molecule has 6 aromatic rings. The normalized spacial score (nSPS) is 13.5. The maximum Gasteiger partial charge on any atom is 0.227 e. The Balaban J connectivity index is 1.29. The van der Waals surface area contributed by atoms with Crippen LogP contribution in [-0.4, -0.2) is 41.0 Å². The lowest BCUT2D eigenvalue weighted by atomic mass is 10.1. The molecule has 3 N–H and O–H groups in total. The lowest BCUT2D eigenvalue weighted by Gasteiger charge is -2.06. The summed E-state index contributed by atoms with van der Waals surface area (Å²) < 4.78 is 0. The molecule has 6 aromatic heterocycles. The highest BCUT2D eigenvalue weighted by atomic mass is 32.1. The predicted molar refractivity (Wildman–Crippen MR) is 135 cm³/mol. The summed E-state index contributed by atoms with van der Waals surface area (Å²) in [6.07, 6.45) is 10.7. The van der Waals surface area contributed by atoms with Gasteiger partial charge in [-0.2, -0.15) is 16.4 Å². The summed E-state index contributed by atoms with van der Waals surface area (Å²) in [4.78, 5) is 33.6. The molecule has 35 heavy (non-hydrogen) atoms. The Morgan fingerprint density at radius 2 is 1.91 bits per heavy atom. The van der Waals surface area contributed by atoms with E-state index in [0.717, 1.165) is 51.5 Å². The molecule has 0 spiro atoms. The monoisotopic (exact) mass is 478 g/mol. The lowest BCUT2D eigenvalue weighted by molar-refractivity contribution is -0.117. The maximum atomic E-state index is 12.2. The number of H-pyrrole nitrogens is 2. The summed E-state index contributed by atoms with van der Waals surface area (Å²) >= 11 is 1.64. The molecule has 0 aliphatic heterocycles. The smallest absolute Gasteiger partial charge is 0.227 e. The van der Waals surface area contributed by atoms with Crippen molar-refractivity contribution < 1.29 is 4.79 Å². The van der Waals surface area contributed by atoms with Crippen LogP contribution in [0, 0.1) is 5.92 Å². The van der Waals surface area contributed by atoms with Crippen LogP contribution in [0.25, 0.3) is 55.8 Å². The van der Waals surface area contributed by atoms with Crippen molar-refractivity contribution in [2.75, 3.05) is 5.32 Å². The molecule has 170 valence electrons. The summed E-state index contributed by atoms with van der Waals surface area (Å²) in [5.41, 5.74) is 7.48. The fourth-order valence-corrected chi connectivity index (χ4v) is 4.83. The van der Waals surface area contributed by atoms with Crippen LogP contribution in [0.1, 0.15) is 12.8 Å². The molecule has 7 rings (SSSR count). The van der Waals surface area contributed by atoms with Crippen LogP contribution in [0.4, 0.5) is 5.69 Å². The number of pyridine rings is 3. The molecule has 9 nitrogen and oxygen atoms in total. The molecule has 0 saturated heterocycles. The molecule has 1 fully saturated rings. The molecule has 1 amide bonds. The van der Waals surface area contributed by atoms with Crippen LogP contribution in [-0.2, 0) is 4.79 Å². The second kappa shape index (κ2) is 7.81. The number of nitrogens with one attached hydrogen (secondary N) is 3. The molecule has 1 aliphatic rings. The fraction of sp³-hybridized carbons (Fsp3) is 0.120. The first-order valence-electron chi connectivity index (χ1n) is 11.2. The Kier molecular flexibility index (Phi) is 4.46. The van der Waals surface area contributed by atoms with Gasteiger partial charge in [0, 0.05) is 41.2 Å². The van der Waals surface area contributed by atoms with Crippen LogP contribution in [0.2, 0.25) is 0 Å². The van der Waals surface area contributed by atoms with Gasteiger partial charge in [0.25, 0.3) is 0 Å². The molecule has 0 radical (unpaired) electrons. The number of nitrogens with zero attached hydrogens (tertiary/aromatic N) is 5. The van der Waals surface area contributed by atoms with Gasteiger partial charge in [-0.05, 0) is 47.4 Å². The minimum Gasteiger partial charge on any atom is -0.335 e. The molecular weight excluding hydrogens is 460 g/mol. The van der Waals surface area contributed by atoms with Gasteiger partial charge in [-0.3, -0.25) is 19.9 Å². The molecule has 0 atom stereocenters. The SMILES string of the molecule is O=C(Nc1cncc(-c2cnc3[nH]nc(-c4nc5c(-c6ccsc6)cncc5[nH]4)c3c2)c1)C1CC1. The highest BCUT2D eigenvalue weighted by Crippen LogP contribution is 2.33. The molecule has 10 heteroatoms. The quantitative estimate of drug-likeness (QED) is 0.319. The fourth-order valence-electron chi connectivity index (χ4n) is 4.17. The number of carbonyl (C=O) groups excluding carboxylic acids is 1. The topological polar surface area (TPSA) is 125 Å². The molecule has 1 aliphatic carbocycles. The standard InChI is InChI=1S/C25H18N8OS/c34-25(13-1-2-13)29-17-5-15(7-26-9-17)16-6-18-22(32-33-23(18)28-8-16)24-30-20-11-27-10-19(21(20)31-24)14-3-4-35-12-14/h3-13H,1-2H2,(H,29,34)(H,30,31)(H,28,32,33). The Bertz CT molecular complexity index is 1710. The Morgan fingerprint density at radius 1 is 1.03 bits per heavy atom. The number of carbonyl (C=O) groups is 1. The highest BCUT2D eigenvalue weighted by Gasteiger charge is 2.29. The number of rotatable bonds is 5. The summed E-state index contributed by atoms with van der Waals surface area (Å²) in [5, 5.41) is 15.4. The zero-order valence-corrected chi connectivity index (χ0v) is 19.1. The van der Waals surface area contributed by atoms with Gasteiger partial charge >= 0.3 is 0 Å². The van der Waals surface area contributed by atoms with E-state index in [-0.39, 0.29) is 11.8 Å². The van der Waals surface area contributed by atoms with Gasteiger partial charge in [-0.25, -0.2) is 9.97 Å². The highest BCUT2D eigenvalue weighted by molar-refractivity contribution is 7.08. The Hall–Kier alpha value is -4.44. The van der Waals surface area contributed by atoms with E-state index in [2.05, 4.69) is 46.9 Å². The molecule has 6 heterocycles. The second-order valence-corrected chi connectivity index (χ2v) is 9.38. The summed E-state index contributed by atoms with van der Waals surface area (Å²) in [6, 6.07) is 5.98. The second-order valence-electron chi connectivity index (χ2n) is 8.60. The molecule has 0 aromatic carbocycles. The first-order chi connectivity index (χ1) is 17.2. The van der Waals surface area contributed by atoms with Crippen LogP contribution in [0.3, 0.4) is 0 Å². The van der Waals surface area contributed by atoms with Crippen molar-refractivity contribution in [1.29, 1.82) is 0 Å². The van der Waals surface area contributed by atoms with Gasteiger partial charge in [0.2, 0.25) is 5.91 Å². The third-order valence-electron chi connectivity index (χ3n) is 6.15. The van der Waals surface area contributed by atoms with Crippen LogP contribution < -0.4 is 5.32 Å². The van der Waals surface area contributed by atoms with Crippen molar-refractivity contribution in [3.05, 3.63) is 59.9 Å². The zero-order valence-electron chi connectivity index (χ0n) is 18.3. The van der Waals surface area contributed by atoms with Crippen LogP contribution in [0.15, 0.2) is 59.9 Å². The van der Waals surface area contributed by atoms with E-state index in [9.17, 15) is 4.79 Å². The minimum atomic E-state index is 0.0517. The summed E-state index contributed by atoms with van der Waals surface area (Å²) in [7, 11) is 0. The molecule has 0 bridgehead atoms. The van der Waals surface area contributed by atoms with E-state index in [4.69, 9.17) is 4.98 Å². The average molecular weight is 479 g/mol. The van der Waals surface area contributed by atoms with Crippen LogP contribution in [0.5, 0.6) is 0 Å². The first kappa shape index (κ1) is 20.0. The number of amides is 1.